The lowest BCUT2D eigenvalue weighted by molar-refractivity contribution is -0.115. The van der Waals surface area contributed by atoms with Crippen molar-refractivity contribution in [3.63, 3.8) is 0 Å². The number of unbranched alkanes of at least 4 members (excludes halogenated alkanes) is 1. The lowest BCUT2D eigenvalue weighted by Crippen LogP contribution is -2.25. The number of nitrogens with zero attached hydrogens (tertiary/aromatic N) is 3. The molecule has 0 saturated heterocycles. The molecule has 1 amide bonds. The summed E-state index contributed by atoms with van der Waals surface area (Å²) in [6, 6.07) is 0. The van der Waals surface area contributed by atoms with E-state index in [1.807, 2.05) is 0 Å². The summed E-state index contributed by atoms with van der Waals surface area (Å²) in [6.07, 6.45) is 6.75. The molecule has 140 valence electrons. The second-order valence-electron chi connectivity index (χ2n) is 6.36. The maximum atomic E-state index is 12.4. The SMILES string of the molecule is CCCCc1nnc(NC(=O)[C@H](C)Sc2nc3c(c(=O)[nH]2)CCCC3)s1. The second kappa shape index (κ2) is 8.77. The van der Waals surface area contributed by atoms with Crippen molar-refractivity contribution in [2.75, 3.05) is 5.32 Å². The first kappa shape index (κ1) is 19.0. The Bertz CT molecular complexity index is 833. The fourth-order valence-corrected chi connectivity index (χ4v) is 4.40. The Labute approximate surface area is 160 Å². The van der Waals surface area contributed by atoms with Gasteiger partial charge < -0.3 is 4.98 Å². The molecule has 2 aromatic rings. The fraction of sp³-hybridized carbons (Fsp3) is 0.588. The molecular weight excluding hydrogens is 370 g/mol. The minimum Gasteiger partial charge on any atom is -0.301 e. The molecule has 0 radical (unpaired) electrons. The van der Waals surface area contributed by atoms with Crippen molar-refractivity contribution < 1.29 is 4.79 Å². The number of H-pyrrole nitrogens is 1. The van der Waals surface area contributed by atoms with E-state index in [-0.39, 0.29) is 11.5 Å². The van der Waals surface area contributed by atoms with Crippen molar-refractivity contribution in [1.29, 1.82) is 0 Å². The largest absolute Gasteiger partial charge is 0.301 e. The number of anilines is 1. The van der Waals surface area contributed by atoms with Gasteiger partial charge in [0.1, 0.15) is 5.01 Å². The molecule has 9 heteroatoms. The average Bonchev–Trinajstić information content (AvgIpc) is 3.07. The number of carbonyl (C=O) groups is 1. The zero-order chi connectivity index (χ0) is 18.5. The molecule has 1 aliphatic rings. The van der Waals surface area contributed by atoms with Gasteiger partial charge >= 0.3 is 0 Å². The first-order chi connectivity index (χ1) is 12.6. The molecule has 2 heterocycles. The summed E-state index contributed by atoms with van der Waals surface area (Å²) in [6.45, 7) is 3.92. The molecule has 1 atom stereocenters. The Morgan fingerprint density at radius 3 is 2.96 bits per heavy atom. The van der Waals surface area contributed by atoms with Crippen LogP contribution in [0.2, 0.25) is 0 Å². The first-order valence-electron chi connectivity index (χ1n) is 8.98. The fourth-order valence-electron chi connectivity index (χ4n) is 2.80. The van der Waals surface area contributed by atoms with Crippen molar-refractivity contribution in [1.82, 2.24) is 20.2 Å². The molecule has 0 aliphatic heterocycles. The molecule has 0 fully saturated rings. The summed E-state index contributed by atoms with van der Waals surface area (Å²) in [5.41, 5.74) is 1.60. The van der Waals surface area contributed by atoms with Crippen LogP contribution in [0.1, 0.15) is 55.8 Å². The predicted octanol–water partition coefficient (Wildman–Crippen LogP) is 2.96. The maximum Gasteiger partial charge on any atom is 0.254 e. The van der Waals surface area contributed by atoms with Gasteiger partial charge in [-0.3, -0.25) is 14.9 Å². The number of amides is 1. The molecule has 0 saturated carbocycles. The Kier molecular flexibility index (Phi) is 6.42. The number of fused-ring (bicyclic) bond motifs is 1. The molecule has 0 unspecified atom stereocenters. The number of rotatable bonds is 7. The Balaban J connectivity index is 1.61. The standard InChI is InChI=1S/C17H23N5O2S2/c1-3-4-9-13-21-22-17(26-13)19-14(23)10(2)25-16-18-12-8-6-5-7-11(12)15(24)20-16/h10H,3-9H2,1-2H3,(H,18,20,24)(H,19,22,23)/t10-/m0/s1. The van der Waals surface area contributed by atoms with Crippen LogP contribution in [0.15, 0.2) is 9.95 Å². The van der Waals surface area contributed by atoms with Crippen molar-refractivity contribution >= 4 is 34.1 Å². The lowest BCUT2D eigenvalue weighted by Gasteiger charge is -2.15. The van der Waals surface area contributed by atoms with Crippen LogP contribution in [-0.2, 0) is 24.1 Å². The highest BCUT2D eigenvalue weighted by Gasteiger charge is 2.20. The van der Waals surface area contributed by atoms with Crippen LogP contribution in [0.4, 0.5) is 5.13 Å². The number of aromatic amines is 1. The van der Waals surface area contributed by atoms with E-state index in [0.717, 1.165) is 61.2 Å². The molecule has 2 aromatic heterocycles. The van der Waals surface area contributed by atoms with E-state index < -0.39 is 5.25 Å². The summed E-state index contributed by atoms with van der Waals surface area (Å²) in [5, 5.41) is 12.5. The minimum atomic E-state index is -0.400. The third-order valence-corrected chi connectivity index (χ3v) is 6.15. The second-order valence-corrected chi connectivity index (χ2v) is 8.75. The number of aromatic nitrogens is 4. The van der Waals surface area contributed by atoms with Gasteiger partial charge in [0.05, 0.1) is 10.9 Å². The van der Waals surface area contributed by atoms with Gasteiger partial charge in [0.25, 0.3) is 5.56 Å². The molecule has 0 spiro atoms. The zero-order valence-corrected chi connectivity index (χ0v) is 16.6. The minimum absolute atomic E-state index is 0.0745. The first-order valence-corrected chi connectivity index (χ1v) is 10.7. The van der Waals surface area contributed by atoms with Gasteiger partial charge in [-0.1, -0.05) is 36.4 Å². The summed E-state index contributed by atoms with van der Waals surface area (Å²) in [4.78, 5) is 31.9. The highest BCUT2D eigenvalue weighted by molar-refractivity contribution is 8.00. The summed E-state index contributed by atoms with van der Waals surface area (Å²) < 4.78 is 0. The van der Waals surface area contributed by atoms with Crippen molar-refractivity contribution in [2.45, 2.75) is 69.2 Å². The third-order valence-electron chi connectivity index (χ3n) is 4.27. The quantitative estimate of drug-likeness (QED) is 0.554. The summed E-state index contributed by atoms with van der Waals surface area (Å²) in [7, 11) is 0. The highest BCUT2D eigenvalue weighted by atomic mass is 32.2. The van der Waals surface area contributed by atoms with Crippen LogP contribution in [0, 0.1) is 0 Å². The van der Waals surface area contributed by atoms with E-state index in [1.165, 1.54) is 23.1 Å². The number of carbonyl (C=O) groups excluding carboxylic acids is 1. The van der Waals surface area contributed by atoms with Crippen molar-refractivity contribution in [2.24, 2.45) is 0 Å². The number of hydrogen-bond acceptors (Lipinski definition) is 7. The summed E-state index contributed by atoms with van der Waals surface area (Å²) in [5.74, 6) is -0.173. The Hall–Kier alpha value is -1.74. The van der Waals surface area contributed by atoms with Gasteiger partial charge in [-0.2, -0.15) is 0 Å². The molecule has 2 N–H and O–H groups in total. The molecule has 0 bridgehead atoms. The number of aryl methyl sites for hydroxylation is 2. The van der Waals surface area contributed by atoms with Crippen LogP contribution in [-0.4, -0.2) is 31.3 Å². The van der Waals surface area contributed by atoms with E-state index >= 15 is 0 Å². The van der Waals surface area contributed by atoms with E-state index in [9.17, 15) is 9.59 Å². The highest BCUT2D eigenvalue weighted by Crippen LogP contribution is 2.24. The van der Waals surface area contributed by atoms with E-state index in [2.05, 4.69) is 32.4 Å². The Morgan fingerprint density at radius 2 is 2.15 bits per heavy atom. The Morgan fingerprint density at radius 1 is 1.35 bits per heavy atom. The van der Waals surface area contributed by atoms with E-state index in [0.29, 0.717) is 10.3 Å². The number of thioether (sulfide) groups is 1. The molecule has 1 aliphatic carbocycles. The smallest absolute Gasteiger partial charge is 0.254 e. The van der Waals surface area contributed by atoms with E-state index in [1.54, 1.807) is 6.92 Å². The van der Waals surface area contributed by atoms with Gasteiger partial charge in [-0.25, -0.2) is 4.98 Å². The third kappa shape index (κ3) is 4.70. The molecule has 7 nitrogen and oxygen atoms in total. The van der Waals surface area contributed by atoms with Crippen LogP contribution >= 0.6 is 23.1 Å². The van der Waals surface area contributed by atoms with Crippen LogP contribution < -0.4 is 10.9 Å². The van der Waals surface area contributed by atoms with Crippen LogP contribution in [0.25, 0.3) is 0 Å². The topological polar surface area (TPSA) is 101 Å². The molecule has 26 heavy (non-hydrogen) atoms. The normalized spacial score (nSPS) is 14.7. The number of nitrogens with one attached hydrogen (secondary N) is 2. The van der Waals surface area contributed by atoms with Crippen molar-refractivity contribution in [3.05, 3.63) is 26.6 Å². The maximum absolute atomic E-state index is 12.4. The lowest BCUT2D eigenvalue weighted by atomic mass is 9.97. The van der Waals surface area contributed by atoms with Crippen molar-refractivity contribution in [3.8, 4) is 0 Å². The van der Waals surface area contributed by atoms with Gasteiger partial charge in [0.2, 0.25) is 11.0 Å². The molecular formula is C17H23N5O2S2. The summed E-state index contributed by atoms with van der Waals surface area (Å²) >= 11 is 2.67. The molecule has 3 rings (SSSR count). The molecule has 0 aromatic carbocycles. The number of hydrogen-bond donors (Lipinski definition) is 2. The van der Waals surface area contributed by atoms with Crippen LogP contribution in [0.5, 0.6) is 0 Å². The monoisotopic (exact) mass is 393 g/mol. The van der Waals surface area contributed by atoms with E-state index in [4.69, 9.17) is 0 Å². The van der Waals surface area contributed by atoms with Gasteiger partial charge in [-0.05, 0) is 39.0 Å². The van der Waals surface area contributed by atoms with Gasteiger partial charge in [0.15, 0.2) is 5.16 Å². The predicted molar refractivity (Wildman–Crippen MR) is 104 cm³/mol. The van der Waals surface area contributed by atoms with Crippen LogP contribution in [0.3, 0.4) is 0 Å². The zero-order valence-electron chi connectivity index (χ0n) is 15.0. The van der Waals surface area contributed by atoms with Gasteiger partial charge in [-0.15, -0.1) is 10.2 Å². The average molecular weight is 394 g/mol. The van der Waals surface area contributed by atoms with Gasteiger partial charge in [0, 0.05) is 12.0 Å².